The number of hydrogen-bond donors (Lipinski definition) is 0. The van der Waals surface area contributed by atoms with Crippen LogP contribution in [-0.2, 0) is 4.79 Å². The van der Waals surface area contributed by atoms with Crippen molar-refractivity contribution in [3.05, 3.63) is 18.2 Å². The predicted molar refractivity (Wildman–Crippen MR) is 72.1 cm³/mol. The van der Waals surface area contributed by atoms with Crippen molar-refractivity contribution in [2.45, 2.75) is 10.1 Å². The van der Waals surface area contributed by atoms with Crippen molar-refractivity contribution in [3.8, 4) is 5.75 Å². The number of carbonyl (C=O) groups excluding carboxylic acids is 1. The number of rotatable bonds is 1. The van der Waals surface area contributed by atoms with Gasteiger partial charge in [0, 0.05) is 16.4 Å². The Kier molecular flexibility index (Phi) is 2.88. The molecule has 5 heteroatoms. The van der Waals surface area contributed by atoms with Crippen LogP contribution in [0.25, 0.3) is 0 Å². The highest BCUT2D eigenvalue weighted by molar-refractivity contribution is 8.04. The van der Waals surface area contributed by atoms with Crippen LogP contribution in [0, 0.1) is 0 Å². The lowest BCUT2D eigenvalue weighted by Crippen LogP contribution is -2.35. The Morgan fingerprint density at radius 1 is 1.41 bits per heavy atom. The zero-order chi connectivity index (χ0) is 11.8. The highest BCUT2D eigenvalue weighted by Crippen LogP contribution is 2.42. The lowest BCUT2D eigenvalue weighted by molar-refractivity contribution is -0.115. The topological polar surface area (TPSA) is 38.7 Å². The van der Waals surface area contributed by atoms with Gasteiger partial charge in [-0.3, -0.25) is 9.79 Å². The van der Waals surface area contributed by atoms with Gasteiger partial charge in [0.2, 0.25) is 0 Å². The van der Waals surface area contributed by atoms with E-state index in [1.165, 1.54) is 0 Å². The first-order chi connectivity index (χ1) is 8.28. The van der Waals surface area contributed by atoms with Gasteiger partial charge in [0.1, 0.15) is 11.0 Å². The molecule has 0 saturated carbocycles. The fourth-order valence-corrected chi connectivity index (χ4v) is 4.19. The number of hydrogen-bond acceptors (Lipinski definition) is 5. The molecule has 2 aliphatic heterocycles. The van der Waals surface area contributed by atoms with Gasteiger partial charge in [-0.15, -0.1) is 23.5 Å². The molecule has 0 aliphatic carbocycles. The Balaban J connectivity index is 2.02. The van der Waals surface area contributed by atoms with Crippen molar-refractivity contribution in [3.63, 3.8) is 0 Å². The number of fused-ring (bicyclic) bond motifs is 2. The molecule has 0 amide bonds. The Morgan fingerprint density at radius 3 is 3.12 bits per heavy atom. The van der Waals surface area contributed by atoms with E-state index in [0.29, 0.717) is 5.75 Å². The number of ether oxygens (including phenoxy) is 1. The summed E-state index contributed by atoms with van der Waals surface area (Å²) in [4.78, 5) is 17.5. The molecule has 0 radical (unpaired) electrons. The van der Waals surface area contributed by atoms with Gasteiger partial charge < -0.3 is 4.74 Å². The van der Waals surface area contributed by atoms with E-state index in [9.17, 15) is 4.79 Å². The number of thioether (sulfide) groups is 2. The van der Waals surface area contributed by atoms with Crippen LogP contribution in [0.3, 0.4) is 0 Å². The summed E-state index contributed by atoms with van der Waals surface area (Å²) in [5.41, 5.74) is 1.96. The number of aliphatic imine (C=N–C) groups is 1. The molecular formula is C12H11NO2S2. The fraction of sp³-hybridized carbons (Fsp3) is 0.333. The van der Waals surface area contributed by atoms with Crippen molar-refractivity contribution in [1.29, 1.82) is 0 Å². The van der Waals surface area contributed by atoms with Crippen molar-refractivity contribution in [2.24, 2.45) is 4.99 Å². The van der Waals surface area contributed by atoms with E-state index in [0.717, 1.165) is 27.8 Å². The van der Waals surface area contributed by atoms with E-state index in [1.807, 2.05) is 18.2 Å². The summed E-state index contributed by atoms with van der Waals surface area (Å²) in [5.74, 6) is 2.57. The SMILES string of the molecule is COc1ccc2c(c1)SC1C(=O)CSCC1=N2. The van der Waals surface area contributed by atoms with Crippen molar-refractivity contribution >= 4 is 40.7 Å². The second kappa shape index (κ2) is 4.38. The monoisotopic (exact) mass is 265 g/mol. The highest BCUT2D eigenvalue weighted by Gasteiger charge is 2.33. The quantitative estimate of drug-likeness (QED) is 0.782. The molecule has 0 spiro atoms. The molecule has 0 bridgehead atoms. The molecule has 3 nitrogen and oxygen atoms in total. The van der Waals surface area contributed by atoms with Gasteiger partial charge >= 0.3 is 0 Å². The van der Waals surface area contributed by atoms with Crippen molar-refractivity contribution in [1.82, 2.24) is 0 Å². The summed E-state index contributed by atoms with van der Waals surface area (Å²) < 4.78 is 5.19. The number of benzene rings is 1. The van der Waals surface area contributed by atoms with Gasteiger partial charge in [-0.2, -0.15) is 0 Å². The lowest BCUT2D eigenvalue weighted by Gasteiger charge is -2.26. The summed E-state index contributed by atoms with van der Waals surface area (Å²) in [5, 5.41) is -0.0733. The van der Waals surface area contributed by atoms with E-state index in [1.54, 1.807) is 30.6 Å². The normalized spacial score (nSPS) is 22.5. The van der Waals surface area contributed by atoms with Crippen LogP contribution in [0.4, 0.5) is 5.69 Å². The summed E-state index contributed by atoms with van der Waals surface area (Å²) in [6, 6.07) is 5.81. The van der Waals surface area contributed by atoms with Crippen molar-refractivity contribution < 1.29 is 9.53 Å². The maximum atomic E-state index is 11.8. The average Bonchev–Trinajstić information content (AvgIpc) is 2.37. The van der Waals surface area contributed by atoms with Crippen LogP contribution in [-0.4, -0.2) is 35.4 Å². The second-order valence-corrected chi connectivity index (χ2v) is 6.03. The van der Waals surface area contributed by atoms with E-state index in [2.05, 4.69) is 4.99 Å². The molecule has 0 aromatic heterocycles. The molecule has 2 heterocycles. The minimum Gasteiger partial charge on any atom is -0.497 e. The molecule has 1 unspecified atom stereocenters. The summed E-state index contributed by atoms with van der Waals surface area (Å²) in [6.45, 7) is 0. The molecule has 1 aromatic carbocycles. The first-order valence-electron chi connectivity index (χ1n) is 5.30. The Bertz CT molecular complexity index is 513. The first-order valence-corrected chi connectivity index (χ1v) is 7.34. The standard InChI is InChI=1S/C12H11NO2S2/c1-15-7-2-3-8-11(4-7)17-12-9(13-8)5-16-6-10(12)14/h2-4,12H,5-6H2,1H3. The van der Waals surface area contributed by atoms with Gasteiger partial charge in [-0.25, -0.2) is 0 Å². The summed E-state index contributed by atoms with van der Waals surface area (Å²) in [7, 11) is 1.65. The van der Waals surface area contributed by atoms with E-state index < -0.39 is 0 Å². The predicted octanol–water partition coefficient (Wildman–Crippen LogP) is 2.56. The van der Waals surface area contributed by atoms with Crippen LogP contribution < -0.4 is 4.74 Å². The van der Waals surface area contributed by atoms with Crippen LogP contribution in [0.2, 0.25) is 0 Å². The van der Waals surface area contributed by atoms with Crippen LogP contribution in [0.15, 0.2) is 28.1 Å². The van der Waals surface area contributed by atoms with Crippen molar-refractivity contribution in [2.75, 3.05) is 18.6 Å². The Labute approximate surface area is 108 Å². The third-order valence-corrected chi connectivity index (χ3v) is 5.11. The molecule has 0 N–H and O–H groups in total. The van der Waals surface area contributed by atoms with E-state index in [-0.39, 0.29) is 11.0 Å². The molecule has 1 fully saturated rings. The molecule has 1 saturated heterocycles. The van der Waals surface area contributed by atoms with Gasteiger partial charge in [0.05, 0.1) is 18.6 Å². The third-order valence-electron chi connectivity index (χ3n) is 2.77. The maximum Gasteiger partial charge on any atom is 0.161 e. The van der Waals surface area contributed by atoms with Gasteiger partial charge in [-0.05, 0) is 18.2 Å². The average molecular weight is 265 g/mol. The number of carbonyl (C=O) groups is 1. The Hall–Kier alpha value is -0.940. The van der Waals surface area contributed by atoms with Gasteiger partial charge in [0.25, 0.3) is 0 Å². The van der Waals surface area contributed by atoms with Crippen LogP contribution in [0.1, 0.15) is 0 Å². The smallest absolute Gasteiger partial charge is 0.161 e. The fourth-order valence-electron chi connectivity index (χ4n) is 1.91. The highest BCUT2D eigenvalue weighted by atomic mass is 32.2. The van der Waals surface area contributed by atoms with E-state index >= 15 is 0 Å². The maximum absolute atomic E-state index is 11.8. The summed E-state index contributed by atoms with van der Waals surface area (Å²) in [6.07, 6.45) is 0. The summed E-state index contributed by atoms with van der Waals surface area (Å²) >= 11 is 3.26. The molecule has 1 aromatic rings. The minimum absolute atomic E-state index is 0.0733. The molecular weight excluding hydrogens is 254 g/mol. The number of ketones is 1. The number of Topliss-reactive ketones (excluding diaryl/α,β-unsaturated/α-hetero) is 1. The zero-order valence-electron chi connectivity index (χ0n) is 9.30. The van der Waals surface area contributed by atoms with Crippen LogP contribution >= 0.6 is 23.5 Å². The first kappa shape index (κ1) is 11.2. The molecule has 1 atom stereocenters. The molecule has 88 valence electrons. The van der Waals surface area contributed by atoms with E-state index in [4.69, 9.17) is 4.74 Å². The zero-order valence-corrected chi connectivity index (χ0v) is 10.9. The molecule has 3 rings (SSSR count). The van der Waals surface area contributed by atoms with Crippen LogP contribution in [0.5, 0.6) is 5.75 Å². The molecule has 17 heavy (non-hydrogen) atoms. The number of nitrogens with zero attached hydrogens (tertiary/aromatic N) is 1. The Morgan fingerprint density at radius 2 is 2.29 bits per heavy atom. The second-order valence-electron chi connectivity index (χ2n) is 3.89. The third kappa shape index (κ3) is 1.98. The molecule has 2 aliphatic rings. The number of methoxy groups -OCH3 is 1. The minimum atomic E-state index is -0.0733. The largest absolute Gasteiger partial charge is 0.497 e. The lowest BCUT2D eigenvalue weighted by atomic mass is 10.2. The van der Waals surface area contributed by atoms with Gasteiger partial charge in [0.15, 0.2) is 5.78 Å². The van der Waals surface area contributed by atoms with Gasteiger partial charge in [-0.1, -0.05) is 0 Å².